The lowest BCUT2D eigenvalue weighted by molar-refractivity contribution is -0.140. The molecular weight excluding hydrogens is 418 g/mol. The summed E-state index contributed by atoms with van der Waals surface area (Å²) in [7, 11) is 1.76. The van der Waals surface area contributed by atoms with Crippen LogP contribution in [-0.4, -0.2) is 68.9 Å². The first-order chi connectivity index (χ1) is 14.8. The van der Waals surface area contributed by atoms with Crippen LogP contribution >= 0.6 is 0 Å². The van der Waals surface area contributed by atoms with Crippen molar-refractivity contribution in [3.05, 3.63) is 42.0 Å². The largest absolute Gasteiger partial charge is 0.406 e. The van der Waals surface area contributed by atoms with E-state index in [1.807, 2.05) is 4.90 Å². The van der Waals surface area contributed by atoms with Crippen LogP contribution in [-0.2, 0) is 24.4 Å². The zero-order chi connectivity index (χ0) is 22.0. The Labute approximate surface area is 175 Å². The van der Waals surface area contributed by atoms with Gasteiger partial charge in [0.1, 0.15) is 18.2 Å². The van der Waals surface area contributed by atoms with Gasteiger partial charge in [0.2, 0.25) is 0 Å². The number of hydrogen-bond donors (Lipinski definition) is 0. The van der Waals surface area contributed by atoms with E-state index in [9.17, 15) is 17.6 Å². The molecule has 1 aliphatic rings. The van der Waals surface area contributed by atoms with E-state index in [-0.39, 0.29) is 18.7 Å². The molecule has 12 heteroatoms. The Morgan fingerprint density at radius 3 is 2.65 bits per heavy atom. The van der Waals surface area contributed by atoms with E-state index < -0.39 is 18.5 Å². The number of rotatable bonds is 6. The lowest BCUT2D eigenvalue weighted by atomic mass is 10.2. The average molecular weight is 439 g/mol. The van der Waals surface area contributed by atoms with Crippen molar-refractivity contribution in [2.45, 2.75) is 25.8 Å². The van der Waals surface area contributed by atoms with Crippen LogP contribution in [0.25, 0.3) is 11.2 Å². The van der Waals surface area contributed by atoms with Gasteiger partial charge < -0.3 is 14.2 Å². The molecule has 4 heterocycles. The number of hydrogen-bond acceptors (Lipinski definition) is 7. The van der Waals surface area contributed by atoms with E-state index >= 15 is 0 Å². The molecule has 1 saturated heterocycles. The van der Waals surface area contributed by atoms with E-state index in [0.29, 0.717) is 49.0 Å². The second-order valence-electron chi connectivity index (χ2n) is 7.36. The molecule has 0 spiro atoms. The number of morpholine rings is 1. The van der Waals surface area contributed by atoms with Crippen LogP contribution in [0.15, 0.2) is 24.8 Å². The van der Waals surface area contributed by atoms with Crippen molar-refractivity contribution in [2.24, 2.45) is 0 Å². The van der Waals surface area contributed by atoms with Crippen molar-refractivity contribution >= 4 is 17.0 Å². The molecule has 4 rings (SSSR count). The summed E-state index contributed by atoms with van der Waals surface area (Å²) < 4.78 is 59.3. The summed E-state index contributed by atoms with van der Waals surface area (Å²) in [6, 6.07) is 1.58. The fourth-order valence-electron chi connectivity index (χ4n) is 3.47. The average Bonchev–Trinajstić information content (AvgIpc) is 3.11. The van der Waals surface area contributed by atoms with Gasteiger partial charge in [-0.15, -0.1) is 0 Å². The highest BCUT2D eigenvalue weighted by Gasteiger charge is 2.30. The van der Waals surface area contributed by atoms with Gasteiger partial charge in [-0.1, -0.05) is 0 Å². The Morgan fingerprint density at radius 1 is 1.16 bits per heavy atom. The number of halogens is 4. The number of fused-ring (bicyclic) bond motifs is 1. The summed E-state index contributed by atoms with van der Waals surface area (Å²) in [5.41, 5.74) is 0.888. The number of ether oxygens (including phenoxy) is 1. The van der Waals surface area contributed by atoms with Crippen LogP contribution in [0.3, 0.4) is 0 Å². The van der Waals surface area contributed by atoms with Gasteiger partial charge >= 0.3 is 6.18 Å². The predicted octanol–water partition coefficient (Wildman–Crippen LogP) is 2.39. The van der Waals surface area contributed by atoms with Crippen molar-refractivity contribution < 1.29 is 22.3 Å². The first-order valence-electron chi connectivity index (χ1n) is 9.68. The van der Waals surface area contributed by atoms with Crippen LogP contribution in [0.4, 0.5) is 23.4 Å². The first-order valence-corrected chi connectivity index (χ1v) is 9.68. The Bertz CT molecular complexity index is 1050. The molecule has 8 nitrogen and oxygen atoms in total. The first kappa shape index (κ1) is 21.4. The summed E-state index contributed by atoms with van der Waals surface area (Å²) in [5, 5.41) is 0. The number of aromatic nitrogens is 5. The van der Waals surface area contributed by atoms with E-state index in [1.54, 1.807) is 18.0 Å². The molecule has 31 heavy (non-hydrogen) atoms. The predicted molar refractivity (Wildman–Crippen MR) is 104 cm³/mol. The zero-order valence-electron chi connectivity index (χ0n) is 16.8. The third kappa shape index (κ3) is 5.07. The minimum Gasteiger partial charge on any atom is -0.378 e. The molecule has 0 unspecified atom stereocenters. The number of anilines is 1. The summed E-state index contributed by atoms with van der Waals surface area (Å²) in [4.78, 5) is 20.6. The molecule has 0 aromatic carbocycles. The standard InChI is InChI=1S/C19H21F4N7O/c1-28(9-13-2-3-24-8-14(13)20)10-15-26-17(29-4-6-31-7-5-29)16-18(27-15)30(12-25-16)11-19(21,22)23/h2-3,8,12H,4-7,9-11H2,1H3. The second-order valence-corrected chi connectivity index (χ2v) is 7.36. The Kier molecular flexibility index (Phi) is 6.01. The van der Waals surface area contributed by atoms with E-state index in [1.165, 1.54) is 6.20 Å². The van der Waals surface area contributed by atoms with Gasteiger partial charge in [-0.3, -0.25) is 9.88 Å². The maximum Gasteiger partial charge on any atom is 0.406 e. The number of imidazole rings is 1. The minimum absolute atomic E-state index is 0.118. The zero-order valence-corrected chi connectivity index (χ0v) is 16.8. The van der Waals surface area contributed by atoms with Gasteiger partial charge in [-0.05, 0) is 13.1 Å². The summed E-state index contributed by atoms with van der Waals surface area (Å²) in [5.74, 6) is 0.380. The summed E-state index contributed by atoms with van der Waals surface area (Å²) in [6.07, 6.45) is -0.636. The molecule has 0 bridgehead atoms. The van der Waals surface area contributed by atoms with E-state index in [4.69, 9.17) is 4.74 Å². The lowest BCUT2D eigenvalue weighted by Crippen LogP contribution is -2.37. The van der Waals surface area contributed by atoms with Crippen molar-refractivity contribution in [3.8, 4) is 0 Å². The van der Waals surface area contributed by atoms with Crippen LogP contribution in [0.1, 0.15) is 11.4 Å². The summed E-state index contributed by atoms with van der Waals surface area (Å²) >= 11 is 0. The highest BCUT2D eigenvalue weighted by molar-refractivity contribution is 5.83. The van der Waals surface area contributed by atoms with Gasteiger partial charge in [0.05, 0.1) is 32.3 Å². The Balaban J connectivity index is 1.66. The number of alkyl halides is 3. The highest BCUT2D eigenvalue weighted by Crippen LogP contribution is 2.26. The quantitative estimate of drug-likeness (QED) is 0.546. The van der Waals surface area contributed by atoms with Crippen LogP contribution in [0, 0.1) is 5.82 Å². The SMILES string of the molecule is CN(Cc1nc(N2CCOCC2)c2ncn(CC(F)(F)F)c2n1)Cc1ccncc1F. The van der Waals surface area contributed by atoms with E-state index in [0.717, 1.165) is 17.1 Å². The molecule has 0 radical (unpaired) electrons. The number of pyridine rings is 1. The lowest BCUT2D eigenvalue weighted by Gasteiger charge is -2.28. The fourth-order valence-corrected chi connectivity index (χ4v) is 3.47. The topological polar surface area (TPSA) is 72.2 Å². The third-order valence-electron chi connectivity index (χ3n) is 4.86. The fraction of sp³-hybridized carbons (Fsp3) is 0.474. The van der Waals surface area contributed by atoms with Crippen molar-refractivity contribution in [1.82, 2.24) is 29.4 Å². The molecule has 0 atom stereocenters. The van der Waals surface area contributed by atoms with Crippen LogP contribution in [0.2, 0.25) is 0 Å². The van der Waals surface area contributed by atoms with Crippen LogP contribution in [0.5, 0.6) is 0 Å². The molecule has 0 aliphatic carbocycles. The van der Waals surface area contributed by atoms with Gasteiger partial charge in [0.25, 0.3) is 0 Å². The molecule has 166 valence electrons. The molecule has 0 N–H and O–H groups in total. The maximum absolute atomic E-state index is 13.9. The van der Waals surface area contributed by atoms with Crippen molar-refractivity contribution in [1.29, 1.82) is 0 Å². The van der Waals surface area contributed by atoms with E-state index in [2.05, 4.69) is 19.9 Å². The Morgan fingerprint density at radius 2 is 1.94 bits per heavy atom. The molecule has 1 fully saturated rings. The third-order valence-corrected chi connectivity index (χ3v) is 4.86. The molecule has 0 saturated carbocycles. The monoisotopic (exact) mass is 439 g/mol. The molecule has 3 aromatic heterocycles. The molecule has 3 aromatic rings. The highest BCUT2D eigenvalue weighted by atomic mass is 19.4. The molecular formula is C19H21F4N7O. The van der Waals surface area contributed by atoms with Gasteiger partial charge in [0.15, 0.2) is 17.0 Å². The van der Waals surface area contributed by atoms with Crippen molar-refractivity contribution in [3.63, 3.8) is 0 Å². The van der Waals surface area contributed by atoms with Gasteiger partial charge in [-0.25, -0.2) is 19.3 Å². The maximum atomic E-state index is 13.9. The van der Waals surface area contributed by atoms with Crippen LogP contribution < -0.4 is 4.90 Å². The van der Waals surface area contributed by atoms with Gasteiger partial charge in [0, 0.05) is 31.4 Å². The minimum atomic E-state index is -4.41. The second kappa shape index (κ2) is 8.71. The smallest absolute Gasteiger partial charge is 0.378 e. The van der Waals surface area contributed by atoms with Crippen molar-refractivity contribution in [2.75, 3.05) is 38.3 Å². The number of nitrogens with zero attached hydrogens (tertiary/aromatic N) is 7. The normalized spacial score (nSPS) is 15.2. The Hall–Kier alpha value is -2.86. The molecule has 0 amide bonds. The van der Waals surface area contributed by atoms with Gasteiger partial charge in [-0.2, -0.15) is 13.2 Å². The molecule has 1 aliphatic heterocycles. The summed E-state index contributed by atoms with van der Waals surface area (Å²) in [6.45, 7) is 1.37.